The molecule has 0 spiro atoms. The molecule has 14 heavy (non-hydrogen) atoms. The van der Waals surface area contributed by atoms with Gasteiger partial charge in [-0.05, 0) is 22.6 Å². The number of ether oxygens (including phenoxy) is 1. The molecular weight excluding hydrogens is 312 g/mol. The Morgan fingerprint density at radius 1 is 1.36 bits per heavy atom. The molecule has 0 N–H and O–H groups in total. The summed E-state index contributed by atoms with van der Waals surface area (Å²) in [6, 6.07) is 0.393. The Morgan fingerprint density at radius 2 is 1.93 bits per heavy atom. The fraction of sp³-hybridized carbons (Fsp3) is 0.125. The number of carbonyl (C=O) groups excluding carboxylic acids is 1. The lowest BCUT2D eigenvalue weighted by atomic mass is 10.3. The number of rotatable bonds is 1. The maximum absolute atomic E-state index is 13.0. The van der Waals surface area contributed by atoms with Crippen LogP contribution < -0.4 is 4.74 Å². The molecule has 0 saturated carbocycles. The summed E-state index contributed by atoms with van der Waals surface area (Å²) in [4.78, 5) is 10.5. The van der Waals surface area contributed by atoms with Crippen LogP contribution in [0.1, 0.15) is 6.92 Å². The van der Waals surface area contributed by atoms with Crippen molar-refractivity contribution in [2.45, 2.75) is 6.92 Å². The van der Waals surface area contributed by atoms with Gasteiger partial charge in [-0.3, -0.25) is 4.79 Å². The molecule has 0 aliphatic carbocycles. The van der Waals surface area contributed by atoms with E-state index in [0.717, 1.165) is 6.92 Å². The molecule has 0 aliphatic heterocycles. The number of esters is 1. The molecule has 0 radical (unpaired) electrons. The van der Waals surface area contributed by atoms with Gasteiger partial charge in [-0.15, -0.1) is 0 Å². The van der Waals surface area contributed by atoms with Gasteiger partial charge in [-0.2, -0.15) is 4.39 Å². The smallest absolute Gasteiger partial charge is 0.308 e. The first-order chi connectivity index (χ1) is 6.43. The molecule has 1 aromatic rings. The predicted molar refractivity (Wildman–Crippen MR) is 50.3 cm³/mol. The normalized spacial score (nSPS) is 10.1. The third-order valence-corrected chi connectivity index (χ3v) is 2.32. The molecule has 76 valence electrons. The molecule has 0 aliphatic rings. The quantitative estimate of drug-likeness (QED) is 0.345. The highest BCUT2D eigenvalue weighted by molar-refractivity contribution is 14.1. The molecule has 2 nitrogen and oxygen atoms in total. The van der Waals surface area contributed by atoms with E-state index in [1.807, 2.05) is 0 Å². The largest absolute Gasteiger partial charge is 0.422 e. The number of halogens is 4. The van der Waals surface area contributed by atoms with Crippen molar-refractivity contribution in [1.29, 1.82) is 0 Å². The van der Waals surface area contributed by atoms with Crippen molar-refractivity contribution in [1.82, 2.24) is 0 Å². The summed E-state index contributed by atoms with van der Waals surface area (Å²) in [6.07, 6.45) is 0. The summed E-state index contributed by atoms with van der Waals surface area (Å²) in [5.74, 6) is -5.28. The van der Waals surface area contributed by atoms with Gasteiger partial charge in [-0.25, -0.2) is 8.78 Å². The van der Waals surface area contributed by atoms with E-state index in [0.29, 0.717) is 6.07 Å². The maximum Gasteiger partial charge on any atom is 0.308 e. The fourth-order valence-corrected chi connectivity index (χ4v) is 1.29. The van der Waals surface area contributed by atoms with Crippen LogP contribution in [0.3, 0.4) is 0 Å². The van der Waals surface area contributed by atoms with E-state index in [4.69, 9.17) is 0 Å². The van der Waals surface area contributed by atoms with Crippen LogP contribution >= 0.6 is 22.6 Å². The highest BCUT2D eigenvalue weighted by Gasteiger charge is 2.19. The van der Waals surface area contributed by atoms with Crippen LogP contribution in [0.25, 0.3) is 0 Å². The minimum atomic E-state index is -1.39. The third-order valence-electron chi connectivity index (χ3n) is 1.32. The van der Waals surface area contributed by atoms with Gasteiger partial charge in [0.15, 0.2) is 11.6 Å². The van der Waals surface area contributed by atoms with Crippen LogP contribution in [0, 0.1) is 21.0 Å². The summed E-state index contributed by atoms with van der Waals surface area (Å²) in [7, 11) is 0. The van der Waals surface area contributed by atoms with Gasteiger partial charge in [-0.1, -0.05) is 0 Å². The topological polar surface area (TPSA) is 26.3 Å². The number of hydrogen-bond acceptors (Lipinski definition) is 2. The Morgan fingerprint density at radius 3 is 2.43 bits per heavy atom. The molecule has 0 amide bonds. The first kappa shape index (κ1) is 11.3. The van der Waals surface area contributed by atoms with Crippen molar-refractivity contribution < 1.29 is 22.7 Å². The molecule has 0 fully saturated rings. The lowest BCUT2D eigenvalue weighted by Crippen LogP contribution is -2.07. The Bertz CT molecular complexity index is 366. The van der Waals surface area contributed by atoms with Gasteiger partial charge in [0, 0.05) is 13.0 Å². The molecule has 0 aromatic heterocycles. The first-order valence-corrected chi connectivity index (χ1v) is 4.52. The van der Waals surface area contributed by atoms with E-state index in [9.17, 15) is 18.0 Å². The van der Waals surface area contributed by atoms with Gasteiger partial charge in [0.1, 0.15) is 5.82 Å². The zero-order valence-electron chi connectivity index (χ0n) is 6.91. The monoisotopic (exact) mass is 316 g/mol. The average molecular weight is 316 g/mol. The van der Waals surface area contributed by atoms with Gasteiger partial charge >= 0.3 is 5.97 Å². The van der Waals surface area contributed by atoms with Crippen LogP contribution in [0.4, 0.5) is 13.2 Å². The van der Waals surface area contributed by atoms with Gasteiger partial charge in [0.25, 0.3) is 0 Å². The minimum Gasteiger partial charge on any atom is -0.422 e. The third kappa shape index (κ3) is 2.17. The Hall–Kier alpha value is -0.790. The van der Waals surface area contributed by atoms with Crippen LogP contribution in [0.5, 0.6) is 5.75 Å². The first-order valence-electron chi connectivity index (χ1n) is 3.45. The van der Waals surface area contributed by atoms with E-state index in [1.54, 1.807) is 0 Å². The zero-order chi connectivity index (χ0) is 10.9. The number of benzene rings is 1. The molecular formula is C8H4F3IO2. The van der Waals surface area contributed by atoms with Gasteiger partial charge in [0.2, 0.25) is 5.82 Å². The van der Waals surface area contributed by atoms with Crippen LogP contribution in [-0.4, -0.2) is 5.97 Å². The van der Waals surface area contributed by atoms with Crippen LogP contribution in [0.2, 0.25) is 0 Å². The average Bonchev–Trinajstić information content (AvgIpc) is 2.09. The van der Waals surface area contributed by atoms with E-state index >= 15 is 0 Å². The standard InChI is InChI=1S/C8H4F3IO2/c1-3(13)14-8-6(11)4(9)2-5(10)7(8)12/h2H,1H3. The second-order valence-electron chi connectivity index (χ2n) is 2.39. The number of hydrogen-bond donors (Lipinski definition) is 0. The van der Waals surface area contributed by atoms with E-state index in [-0.39, 0.29) is 3.57 Å². The Labute approximate surface area is 91.2 Å². The molecule has 1 aromatic carbocycles. The summed E-state index contributed by atoms with van der Waals surface area (Å²) >= 11 is 1.42. The number of carbonyl (C=O) groups is 1. The van der Waals surface area contributed by atoms with E-state index in [2.05, 4.69) is 4.74 Å². The minimum absolute atomic E-state index is 0.267. The van der Waals surface area contributed by atoms with Crippen molar-refractivity contribution in [3.05, 3.63) is 27.1 Å². The van der Waals surface area contributed by atoms with Crippen molar-refractivity contribution in [2.75, 3.05) is 0 Å². The van der Waals surface area contributed by atoms with E-state index in [1.165, 1.54) is 22.6 Å². The summed E-state index contributed by atoms with van der Waals surface area (Å²) in [5.41, 5.74) is 0. The maximum atomic E-state index is 13.0. The highest BCUT2D eigenvalue weighted by atomic mass is 127. The molecule has 0 saturated heterocycles. The lowest BCUT2D eigenvalue weighted by molar-refractivity contribution is -0.132. The van der Waals surface area contributed by atoms with Crippen molar-refractivity contribution in [3.63, 3.8) is 0 Å². The molecule has 0 atom stereocenters. The SMILES string of the molecule is CC(=O)Oc1c(F)c(F)cc(F)c1I. The van der Waals surface area contributed by atoms with Crippen molar-refractivity contribution >= 4 is 28.6 Å². The zero-order valence-corrected chi connectivity index (χ0v) is 9.06. The fourth-order valence-electron chi connectivity index (χ4n) is 0.785. The summed E-state index contributed by atoms with van der Waals surface area (Å²) in [6.45, 7) is 1.01. The second-order valence-corrected chi connectivity index (χ2v) is 3.47. The Balaban J connectivity index is 3.31. The van der Waals surface area contributed by atoms with E-state index < -0.39 is 29.2 Å². The summed E-state index contributed by atoms with van der Waals surface area (Å²) < 4.78 is 42.6. The highest BCUT2D eigenvalue weighted by Crippen LogP contribution is 2.29. The van der Waals surface area contributed by atoms with Crippen LogP contribution in [-0.2, 0) is 4.79 Å². The molecule has 0 bridgehead atoms. The molecule has 0 unspecified atom stereocenters. The summed E-state index contributed by atoms with van der Waals surface area (Å²) in [5, 5.41) is 0. The predicted octanol–water partition coefficient (Wildman–Crippen LogP) is 2.63. The molecule has 0 heterocycles. The van der Waals surface area contributed by atoms with Gasteiger partial charge in [0.05, 0.1) is 3.57 Å². The van der Waals surface area contributed by atoms with Gasteiger partial charge < -0.3 is 4.74 Å². The lowest BCUT2D eigenvalue weighted by Gasteiger charge is -2.06. The molecule has 1 rings (SSSR count). The van der Waals surface area contributed by atoms with Crippen molar-refractivity contribution in [3.8, 4) is 5.75 Å². The second kappa shape index (κ2) is 4.16. The van der Waals surface area contributed by atoms with Crippen molar-refractivity contribution in [2.24, 2.45) is 0 Å². The molecule has 6 heteroatoms. The Kier molecular flexibility index (Phi) is 3.35. The van der Waals surface area contributed by atoms with Crippen LogP contribution in [0.15, 0.2) is 6.07 Å².